The van der Waals surface area contributed by atoms with E-state index in [1.54, 1.807) is 6.07 Å². The van der Waals surface area contributed by atoms with E-state index in [0.29, 0.717) is 16.5 Å². The molecule has 3 nitrogen and oxygen atoms in total. The van der Waals surface area contributed by atoms with Crippen molar-refractivity contribution in [1.82, 2.24) is 0 Å². The fourth-order valence-electron chi connectivity index (χ4n) is 1.75. The van der Waals surface area contributed by atoms with Crippen LogP contribution in [0.15, 0.2) is 16.5 Å². The van der Waals surface area contributed by atoms with E-state index in [-0.39, 0.29) is 4.75 Å². The molecule has 104 valence electrons. The number of nitrogens with one attached hydrogen (secondary N) is 1. The Morgan fingerprint density at radius 1 is 1.32 bits per heavy atom. The van der Waals surface area contributed by atoms with Crippen LogP contribution in [0.25, 0.3) is 0 Å². The average Bonchev–Trinajstić information content (AvgIpc) is 2.28. The highest BCUT2D eigenvalue weighted by atomic mass is 35.5. The predicted molar refractivity (Wildman–Crippen MR) is 84.0 cm³/mol. The summed E-state index contributed by atoms with van der Waals surface area (Å²) in [6.07, 6.45) is 0.714. The molecule has 2 rings (SSSR count). The van der Waals surface area contributed by atoms with Crippen molar-refractivity contribution in [3.63, 3.8) is 0 Å². The Kier molecular flexibility index (Phi) is 4.35. The number of fused-ring (bicyclic) bond motifs is 1. The van der Waals surface area contributed by atoms with Gasteiger partial charge in [-0.3, -0.25) is 0 Å². The van der Waals surface area contributed by atoms with Crippen LogP contribution in [0.4, 0.5) is 5.69 Å². The van der Waals surface area contributed by atoms with Crippen molar-refractivity contribution in [2.75, 3.05) is 11.9 Å². The number of halogens is 2. The molecule has 0 radical (unpaired) electrons. The molecule has 0 saturated heterocycles. The van der Waals surface area contributed by atoms with Crippen molar-refractivity contribution in [1.29, 1.82) is 0 Å². The van der Waals surface area contributed by atoms with E-state index in [2.05, 4.69) is 9.71 Å². The highest BCUT2D eigenvalue weighted by molar-refractivity contribution is 7.91. The minimum Gasteiger partial charge on any atom is -0.591 e. The molecule has 1 aliphatic heterocycles. The van der Waals surface area contributed by atoms with Gasteiger partial charge in [0.1, 0.15) is 21.8 Å². The monoisotopic (exact) mass is 318 g/mol. The smallest absolute Gasteiger partial charge is 0.144 e. The summed E-state index contributed by atoms with van der Waals surface area (Å²) in [6.45, 7) is 6.44. The van der Waals surface area contributed by atoms with Gasteiger partial charge in [0.15, 0.2) is 0 Å². The standard InChI is InChI=1S/C13H16Cl2N2OS/c1-13(2,3)19(18)17-11-4-5-16-12-9(11)6-8(14)7-10(12)15/h6-7,16H,4-5H2,1-3H3. The second kappa shape index (κ2) is 5.52. The molecular formula is C13H16Cl2N2OS. The van der Waals surface area contributed by atoms with Crippen LogP contribution in [0.5, 0.6) is 0 Å². The average molecular weight is 319 g/mol. The summed E-state index contributed by atoms with van der Waals surface area (Å²) < 4.78 is 16.1. The number of anilines is 1. The first-order valence-corrected chi connectivity index (χ1v) is 7.88. The number of benzene rings is 1. The summed E-state index contributed by atoms with van der Waals surface area (Å²) in [5.74, 6) is 0. The largest absolute Gasteiger partial charge is 0.591 e. The minimum atomic E-state index is -1.28. The molecule has 0 fully saturated rings. The zero-order valence-electron chi connectivity index (χ0n) is 11.1. The highest BCUT2D eigenvalue weighted by Gasteiger charge is 2.29. The Hall–Kier alpha value is -0.420. The third-order valence-electron chi connectivity index (χ3n) is 2.75. The van der Waals surface area contributed by atoms with Gasteiger partial charge in [0.25, 0.3) is 0 Å². The Labute approximate surface area is 126 Å². The number of nitrogens with zero attached hydrogens (tertiary/aromatic N) is 1. The van der Waals surface area contributed by atoms with Crippen molar-refractivity contribution < 1.29 is 4.55 Å². The molecule has 6 heteroatoms. The number of rotatable bonds is 1. The van der Waals surface area contributed by atoms with E-state index in [0.717, 1.165) is 23.5 Å². The summed E-state index contributed by atoms with van der Waals surface area (Å²) >= 11 is 10.9. The second-order valence-corrected chi connectivity index (χ2v) is 8.14. The van der Waals surface area contributed by atoms with Crippen LogP contribution in [0.1, 0.15) is 32.8 Å². The van der Waals surface area contributed by atoms with Gasteiger partial charge in [-0.2, -0.15) is 0 Å². The molecule has 1 unspecified atom stereocenters. The SMILES string of the molecule is CC(C)(C)[S+]([O-])N=C1CCNc2c(Cl)cc(Cl)cc21. The van der Waals surface area contributed by atoms with Gasteiger partial charge in [-0.1, -0.05) is 27.6 Å². The summed E-state index contributed by atoms with van der Waals surface area (Å²) in [5, 5.41) is 4.35. The van der Waals surface area contributed by atoms with Crippen LogP contribution < -0.4 is 5.32 Å². The topological polar surface area (TPSA) is 47.5 Å². The van der Waals surface area contributed by atoms with Gasteiger partial charge in [-0.05, 0) is 32.9 Å². The normalized spacial score (nSPS) is 18.9. The zero-order valence-corrected chi connectivity index (χ0v) is 13.4. The van der Waals surface area contributed by atoms with Gasteiger partial charge < -0.3 is 9.87 Å². The van der Waals surface area contributed by atoms with E-state index in [9.17, 15) is 4.55 Å². The summed E-state index contributed by atoms with van der Waals surface area (Å²) in [5.41, 5.74) is 2.47. The zero-order chi connectivity index (χ0) is 14.2. The Morgan fingerprint density at radius 3 is 2.63 bits per heavy atom. The van der Waals surface area contributed by atoms with E-state index in [4.69, 9.17) is 23.2 Å². The molecule has 0 amide bonds. The molecule has 0 spiro atoms. The first-order valence-electron chi connectivity index (χ1n) is 6.02. The van der Waals surface area contributed by atoms with Crippen LogP contribution in [-0.4, -0.2) is 21.6 Å². The van der Waals surface area contributed by atoms with Crippen molar-refractivity contribution in [3.8, 4) is 0 Å². The van der Waals surface area contributed by atoms with Gasteiger partial charge in [-0.15, -0.1) is 0 Å². The molecule has 1 aromatic carbocycles. The maximum Gasteiger partial charge on any atom is 0.144 e. The first kappa shape index (κ1) is 15.0. The molecule has 1 atom stereocenters. The maximum absolute atomic E-state index is 12.1. The molecule has 1 heterocycles. The van der Waals surface area contributed by atoms with Crippen molar-refractivity contribution >= 4 is 46.0 Å². The third-order valence-corrected chi connectivity index (χ3v) is 4.70. The van der Waals surface area contributed by atoms with Gasteiger partial charge >= 0.3 is 0 Å². The molecular weight excluding hydrogens is 303 g/mol. The summed E-state index contributed by atoms with van der Waals surface area (Å²) in [7, 11) is 0. The van der Waals surface area contributed by atoms with Crippen LogP contribution in [0.2, 0.25) is 10.0 Å². The Morgan fingerprint density at radius 2 is 2.00 bits per heavy atom. The number of hydrogen-bond donors (Lipinski definition) is 1. The van der Waals surface area contributed by atoms with Gasteiger partial charge in [0, 0.05) is 23.6 Å². The van der Waals surface area contributed by atoms with Crippen LogP contribution in [0, 0.1) is 0 Å². The first-order chi connectivity index (χ1) is 8.79. The van der Waals surface area contributed by atoms with E-state index >= 15 is 0 Å². The minimum absolute atomic E-state index is 0.375. The molecule has 0 aromatic heterocycles. The van der Waals surface area contributed by atoms with E-state index in [1.165, 1.54) is 0 Å². The van der Waals surface area contributed by atoms with Crippen molar-refractivity contribution in [2.45, 2.75) is 31.9 Å². The van der Waals surface area contributed by atoms with Crippen LogP contribution in [-0.2, 0) is 11.4 Å². The predicted octanol–water partition coefficient (Wildman–Crippen LogP) is 4.06. The van der Waals surface area contributed by atoms with Gasteiger partial charge in [0.2, 0.25) is 0 Å². The molecule has 0 aliphatic carbocycles. The molecule has 0 saturated carbocycles. The van der Waals surface area contributed by atoms with Gasteiger partial charge in [-0.25, -0.2) is 0 Å². The Balaban J connectivity index is 2.45. The summed E-state index contributed by atoms with van der Waals surface area (Å²) in [4.78, 5) is 0. The van der Waals surface area contributed by atoms with E-state index in [1.807, 2.05) is 26.8 Å². The summed E-state index contributed by atoms with van der Waals surface area (Å²) in [6, 6.07) is 3.51. The lowest BCUT2D eigenvalue weighted by Gasteiger charge is -2.23. The van der Waals surface area contributed by atoms with Crippen molar-refractivity contribution in [3.05, 3.63) is 27.7 Å². The molecule has 1 aliphatic rings. The van der Waals surface area contributed by atoms with Gasteiger partial charge in [0.05, 0.1) is 10.7 Å². The van der Waals surface area contributed by atoms with Crippen LogP contribution in [0.3, 0.4) is 0 Å². The molecule has 1 aromatic rings. The van der Waals surface area contributed by atoms with Crippen LogP contribution >= 0.6 is 23.2 Å². The fraction of sp³-hybridized carbons (Fsp3) is 0.462. The molecule has 19 heavy (non-hydrogen) atoms. The fourth-order valence-corrected chi connectivity index (χ4v) is 2.98. The lowest BCUT2D eigenvalue weighted by molar-refractivity contribution is 0.561. The quantitative estimate of drug-likeness (QED) is 0.794. The highest BCUT2D eigenvalue weighted by Crippen LogP contribution is 2.34. The Bertz CT molecular complexity index is 526. The molecule has 0 bridgehead atoms. The number of hydrogen-bond acceptors (Lipinski definition) is 3. The third kappa shape index (κ3) is 3.37. The second-order valence-electron chi connectivity index (χ2n) is 5.39. The maximum atomic E-state index is 12.1. The lowest BCUT2D eigenvalue weighted by Crippen LogP contribution is -2.28. The molecule has 1 N–H and O–H groups in total. The van der Waals surface area contributed by atoms with Crippen molar-refractivity contribution in [2.24, 2.45) is 4.40 Å². The van der Waals surface area contributed by atoms with E-state index < -0.39 is 11.4 Å². The lowest BCUT2D eigenvalue weighted by atomic mass is 10.0.